The number of carboxylic acid groups (broad SMARTS) is 1. The van der Waals surface area contributed by atoms with Crippen molar-refractivity contribution in [2.45, 2.75) is 39.2 Å². The van der Waals surface area contributed by atoms with Crippen LogP contribution in [0.5, 0.6) is 5.75 Å². The van der Waals surface area contributed by atoms with Crippen LogP contribution in [0.15, 0.2) is 18.2 Å². The summed E-state index contributed by atoms with van der Waals surface area (Å²) in [7, 11) is 0. The van der Waals surface area contributed by atoms with Crippen molar-refractivity contribution < 1.29 is 19.8 Å². The van der Waals surface area contributed by atoms with Gasteiger partial charge in [-0.2, -0.15) is 0 Å². The molecule has 2 rings (SSSR count). The van der Waals surface area contributed by atoms with Crippen LogP contribution < -0.4 is 0 Å². The monoisotopic (exact) mass is 291 g/mol. The maximum Gasteiger partial charge on any atom is 0.308 e. The Balaban J connectivity index is 2.27. The molecule has 2 N–H and O–H groups in total. The number of rotatable bonds is 3. The van der Waals surface area contributed by atoms with E-state index in [0.717, 1.165) is 12.0 Å². The number of hydrogen-bond donors (Lipinski definition) is 2. The van der Waals surface area contributed by atoms with Gasteiger partial charge in [-0.3, -0.25) is 9.59 Å². The Hall–Kier alpha value is -2.04. The molecule has 5 nitrogen and oxygen atoms in total. The predicted octanol–water partition coefficient (Wildman–Crippen LogP) is 2.28. The molecule has 1 aliphatic heterocycles. The molecule has 1 fully saturated rings. The van der Waals surface area contributed by atoms with Gasteiger partial charge in [-0.25, -0.2) is 0 Å². The predicted molar refractivity (Wildman–Crippen MR) is 78.3 cm³/mol. The first-order valence-corrected chi connectivity index (χ1v) is 7.29. The van der Waals surface area contributed by atoms with Gasteiger partial charge in [0.1, 0.15) is 5.75 Å². The average molecular weight is 291 g/mol. The molecule has 1 aromatic rings. The molecule has 2 unspecified atom stereocenters. The third kappa shape index (κ3) is 3.17. The Bertz CT molecular complexity index is 555. The zero-order valence-electron chi connectivity index (χ0n) is 12.4. The highest BCUT2D eigenvalue weighted by atomic mass is 16.4. The molecule has 0 aromatic heterocycles. The van der Waals surface area contributed by atoms with Gasteiger partial charge in [0.2, 0.25) is 0 Å². The molecule has 0 aliphatic carbocycles. The summed E-state index contributed by atoms with van der Waals surface area (Å²) in [6.45, 7) is 4.09. The number of piperidine rings is 1. The third-order valence-corrected chi connectivity index (χ3v) is 4.19. The molecule has 21 heavy (non-hydrogen) atoms. The molecule has 0 spiro atoms. The van der Waals surface area contributed by atoms with Gasteiger partial charge in [-0.1, -0.05) is 13.0 Å². The topological polar surface area (TPSA) is 77.8 Å². The molecule has 114 valence electrons. The van der Waals surface area contributed by atoms with Crippen LogP contribution in [0, 0.1) is 5.92 Å². The molecular weight excluding hydrogens is 270 g/mol. The lowest BCUT2D eigenvalue weighted by atomic mass is 9.92. The molecule has 1 aromatic carbocycles. The van der Waals surface area contributed by atoms with Gasteiger partial charge in [0, 0.05) is 12.6 Å². The number of phenolic OH excluding ortho intramolecular Hbond substituents is 1. The quantitative estimate of drug-likeness (QED) is 0.895. The van der Waals surface area contributed by atoms with Crippen LogP contribution in [0.25, 0.3) is 0 Å². The van der Waals surface area contributed by atoms with Gasteiger partial charge in [-0.15, -0.1) is 0 Å². The molecular formula is C16H21NO4. The standard InChI is InChI=1S/C16H21NO4/c1-3-11-5-7-14(18)13(8-11)15(19)17-9-12(16(20)21)6-4-10(17)2/h5,7-8,10,12,18H,3-4,6,9H2,1-2H3,(H,20,21). The molecule has 0 saturated carbocycles. The van der Waals surface area contributed by atoms with Crippen molar-refractivity contribution in [1.29, 1.82) is 0 Å². The number of hydrogen-bond acceptors (Lipinski definition) is 3. The number of phenols is 1. The first kappa shape index (κ1) is 15.4. The van der Waals surface area contributed by atoms with Gasteiger partial charge in [0.15, 0.2) is 0 Å². The summed E-state index contributed by atoms with van der Waals surface area (Å²) < 4.78 is 0. The fraction of sp³-hybridized carbons (Fsp3) is 0.500. The fourth-order valence-electron chi connectivity index (χ4n) is 2.72. The maximum atomic E-state index is 12.6. The van der Waals surface area contributed by atoms with Crippen molar-refractivity contribution in [2.24, 2.45) is 5.92 Å². The zero-order chi connectivity index (χ0) is 15.6. The second kappa shape index (κ2) is 6.16. The number of nitrogens with zero attached hydrogens (tertiary/aromatic N) is 1. The third-order valence-electron chi connectivity index (χ3n) is 4.19. The summed E-state index contributed by atoms with van der Waals surface area (Å²) in [6, 6.07) is 4.98. The van der Waals surface area contributed by atoms with Crippen LogP contribution in [0.2, 0.25) is 0 Å². The molecule has 1 aliphatic rings. The highest BCUT2D eigenvalue weighted by molar-refractivity contribution is 5.97. The number of carbonyl (C=O) groups is 2. The van der Waals surface area contributed by atoms with E-state index in [1.807, 2.05) is 13.8 Å². The lowest BCUT2D eigenvalue weighted by Crippen LogP contribution is -2.47. The van der Waals surface area contributed by atoms with E-state index in [4.69, 9.17) is 5.11 Å². The summed E-state index contributed by atoms with van der Waals surface area (Å²) in [5.41, 5.74) is 1.22. The normalized spacial score (nSPS) is 22.1. The summed E-state index contributed by atoms with van der Waals surface area (Å²) >= 11 is 0. The molecule has 1 heterocycles. The Morgan fingerprint density at radius 3 is 2.67 bits per heavy atom. The number of aryl methyl sites for hydroxylation is 1. The number of aliphatic carboxylic acids is 1. The van der Waals surface area contributed by atoms with Crippen molar-refractivity contribution in [2.75, 3.05) is 6.54 Å². The average Bonchev–Trinajstić information content (AvgIpc) is 2.47. The van der Waals surface area contributed by atoms with Gasteiger partial charge >= 0.3 is 5.97 Å². The largest absolute Gasteiger partial charge is 0.507 e. The molecule has 0 bridgehead atoms. The van der Waals surface area contributed by atoms with E-state index in [-0.39, 0.29) is 29.8 Å². The van der Waals surface area contributed by atoms with Crippen molar-refractivity contribution in [1.82, 2.24) is 4.90 Å². The summed E-state index contributed by atoms with van der Waals surface area (Å²) in [5.74, 6) is -1.74. The smallest absolute Gasteiger partial charge is 0.308 e. The van der Waals surface area contributed by atoms with Crippen LogP contribution >= 0.6 is 0 Å². The van der Waals surface area contributed by atoms with Crippen molar-refractivity contribution in [3.63, 3.8) is 0 Å². The van der Waals surface area contributed by atoms with E-state index in [1.54, 1.807) is 17.0 Å². The Labute approximate surface area is 124 Å². The number of benzene rings is 1. The minimum atomic E-state index is -0.869. The van der Waals surface area contributed by atoms with Gasteiger partial charge in [0.05, 0.1) is 11.5 Å². The maximum absolute atomic E-state index is 12.6. The minimum absolute atomic E-state index is 0.0159. The number of likely N-dealkylation sites (tertiary alicyclic amines) is 1. The summed E-state index contributed by atoms with van der Waals surface area (Å²) in [5, 5.41) is 19.1. The molecule has 2 atom stereocenters. The van der Waals surface area contributed by atoms with E-state index in [1.165, 1.54) is 6.07 Å². The first-order chi connectivity index (χ1) is 9.93. The number of amides is 1. The van der Waals surface area contributed by atoms with Crippen LogP contribution in [0.1, 0.15) is 42.6 Å². The summed E-state index contributed by atoms with van der Waals surface area (Å²) in [6.07, 6.45) is 2.02. The lowest BCUT2D eigenvalue weighted by molar-refractivity contribution is -0.143. The molecule has 1 amide bonds. The Morgan fingerprint density at radius 1 is 1.33 bits per heavy atom. The van der Waals surface area contributed by atoms with Gasteiger partial charge in [-0.05, 0) is 43.9 Å². The van der Waals surface area contributed by atoms with Crippen molar-refractivity contribution >= 4 is 11.9 Å². The summed E-state index contributed by atoms with van der Waals surface area (Å²) in [4.78, 5) is 25.4. The number of aromatic hydroxyl groups is 1. The highest BCUT2D eigenvalue weighted by Crippen LogP contribution is 2.27. The molecule has 5 heteroatoms. The second-order valence-electron chi connectivity index (χ2n) is 5.62. The van der Waals surface area contributed by atoms with E-state index < -0.39 is 11.9 Å². The molecule has 1 saturated heterocycles. The Morgan fingerprint density at radius 2 is 2.05 bits per heavy atom. The Kier molecular flexibility index (Phi) is 4.50. The van der Waals surface area contributed by atoms with Crippen LogP contribution in [-0.2, 0) is 11.2 Å². The SMILES string of the molecule is CCc1ccc(O)c(C(=O)N2CC(C(=O)O)CCC2C)c1. The van der Waals surface area contributed by atoms with Gasteiger partial charge < -0.3 is 15.1 Å². The van der Waals surface area contributed by atoms with Crippen LogP contribution in [-0.4, -0.2) is 39.6 Å². The van der Waals surface area contributed by atoms with E-state index >= 15 is 0 Å². The van der Waals surface area contributed by atoms with Crippen LogP contribution in [0.4, 0.5) is 0 Å². The number of carboxylic acids is 1. The number of carbonyl (C=O) groups excluding carboxylic acids is 1. The highest BCUT2D eigenvalue weighted by Gasteiger charge is 2.33. The van der Waals surface area contributed by atoms with E-state index in [2.05, 4.69) is 0 Å². The zero-order valence-corrected chi connectivity index (χ0v) is 12.4. The fourth-order valence-corrected chi connectivity index (χ4v) is 2.72. The van der Waals surface area contributed by atoms with Crippen molar-refractivity contribution in [3.05, 3.63) is 29.3 Å². The van der Waals surface area contributed by atoms with E-state index in [9.17, 15) is 14.7 Å². The van der Waals surface area contributed by atoms with E-state index in [0.29, 0.717) is 12.8 Å². The van der Waals surface area contributed by atoms with Crippen LogP contribution in [0.3, 0.4) is 0 Å². The molecule has 0 radical (unpaired) electrons. The first-order valence-electron chi connectivity index (χ1n) is 7.29. The second-order valence-corrected chi connectivity index (χ2v) is 5.62. The van der Waals surface area contributed by atoms with Gasteiger partial charge in [0.25, 0.3) is 5.91 Å². The lowest BCUT2D eigenvalue weighted by Gasteiger charge is -2.36. The minimum Gasteiger partial charge on any atom is -0.507 e. The van der Waals surface area contributed by atoms with Crippen molar-refractivity contribution in [3.8, 4) is 5.75 Å².